The standard InChI is InChI=1S/C29H33FO3/c1-3-6-22-11-12-28(19-29(22)23-8-5-9-24(30)18-23)33-26-15-13-25(14-16-26)32-20-21-7-4-10-27(17-21)31-2/h4-5,7-12,17-19,25-26H,3,6,13-16,20H2,1-2H3. The Hall–Kier alpha value is -2.85. The molecule has 0 spiro atoms. The van der Waals surface area contributed by atoms with E-state index in [1.54, 1.807) is 19.2 Å². The van der Waals surface area contributed by atoms with Gasteiger partial charge in [0.1, 0.15) is 17.3 Å². The molecule has 3 nitrogen and oxygen atoms in total. The first-order valence-corrected chi connectivity index (χ1v) is 11.9. The number of ether oxygens (including phenoxy) is 3. The van der Waals surface area contributed by atoms with Gasteiger partial charge in [0.15, 0.2) is 0 Å². The van der Waals surface area contributed by atoms with Crippen molar-refractivity contribution in [3.05, 3.63) is 83.7 Å². The molecule has 0 aliphatic heterocycles. The Bertz CT molecular complexity index is 1040. The van der Waals surface area contributed by atoms with Gasteiger partial charge < -0.3 is 14.2 Å². The molecule has 1 aliphatic rings. The third-order valence-electron chi connectivity index (χ3n) is 6.28. The Balaban J connectivity index is 1.34. The Morgan fingerprint density at radius 3 is 2.39 bits per heavy atom. The lowest BCUT2D eigenvalue weighted by Gasteiger charge is -2.29. The highest BCUT2D eigenvalue weighted by molar-refractivity contribution is 5.69. The molecule has 1 aliphatic carbocycles. The maximum atomic E-state index is 13.8. The normalized spacial score (nSPS) is 18.2. The Labute approximate surface area is 196 Å². The number of halogens is 1. The molecule has 0 aromatic heterocycles. The van der Waals surface area contributed by atoms with Crippen LogP contribution in [0.5, 0.6) is 11.5 Å². The fraction of sp³-hybridized carbons (Fsp3) is 0.379. The van der Waals surface area contributed by atoms with Crippen molar-refractivity contribution < 1.29 is 18.6 Å². The lowest BCUT2D eigenvalue weighted by molar-refractivity contribution is -0.00666. The average Bonchev–Trinajstić information content (AvgIpc) is 2.85. The van der Waals surface area contributed by atoms with E-state index >= 15 is 0 Å². The maximum Gasteiger partial charge on any atom is 0.123 e. The number of rotatable bonds is 9. The Morgan fingerprint density at radius 1 is 0.848 bits per heavy atom. The summed E-state index contributed by atoms with van der Waals surface area (Å²) in [5.41, 5.74) is 4.32. The summed E-state index contributed by atoms with van der Waals surface area (Å²) in [7, 11) is 1.68. The SMILES string of the molecule is CCCc1ccc(OC2CCC(OCc3cccc(OC)c3)CC2)cc1-c1cccc(F)c1. The van der Waals surface area contributed by atoms with E-state index in [1.165, 1.54) is 11.6 Å². The molecule has 0 bridgehead atoms. The van der Waals surface area contributed by atoms with Gasteiger partial charge in [-0.2, -0.15) is 0 Å². The Morgan fingerprint density at radius 2 is 1.64 bits per heavy atom. The van der Waals surface area contributed by atoms with E-state index in [4.69, 9.17) is 14.2 Å². The Kier molecular flexibility index (Phi) is 8.01. The highest BCUT2D eigenvalue weighted by atomic mass is 19.1. The molecule has 33 heavy (non-hydrogen) atoms. The van der Waals surface area contributed by atoms with Crippen LogP contribution in [0.1, 0.15) is 50.2 Å². The van der Waals surface area contributed by atoms with Crippen LogP contribution in [0.4, 0.5) is 4.39 Å². The summed E-state index contributed by atoms with van der Waals surface area (Å²) < 4.78 is 31.6. The second-order valence-corrected chi connectivity index (χ2v) is 8.76. The van der Waals surface area contributed by atoms with E-state index in [9.17, 15) is 4.39 Å². The van der Waals surface area contributed by atoms with Crippen molar-refractivity contribution in [1.82, 2.24) is 0 Å². The van der Waals surface area contributed by atoms with Gasteiger partial charge in [-0.1, -0.05) is 43.7 Å². The van der Waals surface area contributed by atoms with Crippen LogP contribution in [0.2, 0.25) is 0 Å². The topological polar surface area (TPSA) is 27.7 Å². The summed E-state index contributed by atoms with van der Waals surface area (Å²) in [6.45, 7) is 2.76. The summed E-state index contributed by atoms with van der Waals surface area (Å²) in [6.07, 6.45) is 6.34. The number of aryl methyl sites for hydroxylation is 1. The van der Waals surface area contributed by atoms with Crippen molar-refractivity contribution in [2.45, 2.75) is 64.3 Å². The summed E-state index contributed by atoms with van der Waals surface area (Å²) in [6, 6.07) is 21.1. The van der Waals surface area contributed by atoms with E-state index in [0.717, 1.165) is 66.7 Å². The van der Waals surface area contributed by atoms with Crippen LogP contribution in [-0.4, -0.2) is 19.3 Å². The van der Waals surface area contributed by atoms with E-state index < -0.39 is 0 Å². The van der Waals surface area contributed by atoms with Gasteiger partial charge in [-0.3, -0.25) is 0 Å². The van der Waals surface area contributed by atoms with Crippen molar-refractivity contribution in [2.24, 2.45) is 0 Å². The molecule has 0 heterocycles. The molecule has 1 fully saturated rings. The lowest BCUT2D eigenvalue weighted by atomic mass is 9.94. The maximum absolute atomic E-state index is 13.8. The number of benzene rings is 3. The van der Waals surface area contributed by atoms with Crippen LogP contribution < -0.4 is 9.47 Å². The molecular weight excluding hydrogens is 415 g/mol. The summed E-state index contributed by atoms with van der Waals surface area (Å²) in [5.74, 6) is 1.50. The number of hydrogen-bond acceptors (Lipinski definition) is 3. The first-order chi connectivity index (χ1) is 16.1. The van der Waals surface area contributed by atoms with Gasteiger partial charge in [0.05, 0.1) is 25.9 Å². The first kappa shape index (κ1) is 23.3. The minimum Gasteiger partial charge on any atom is -0.497 e. The predicted molar refractivity (Wildman–Crippen MR) is 130 cm³/mol. The van der Waals surface area contributed by atoms with E-state index in [-0.39, 0.29) is 18.0 Å². The largest absolute Gasteiger partial charge is 0.497 e. The zero-order chi connectivity index (χ0) is 23.0. The smallest absolute Gasteiger partial charge is 0.123 e. The van der Waals surface area contributed by atoms with Crippen molar-refractivity contribution in [1.29, 1.82) is 0 Å². The van der Waals surface area contributed by atoms with Gasteiger partial charge in [0.25, 0.3) is 0 Å². The molecule has 3 aromatic rings. The third-order valence-corrected chi connectivity index (χ3v) is 6.28. The van der Waals surface area contributed by atoms with Crippen LogP contribution in [0.25, 0.3) is 11.1 Å². The predicted octanol–water partition coefficient (Wildman–Crippen LogP) is 7.36. The van der Waals surface area contributed by atoms with Gasteiger partial charge in [-0.15, -0.1) is 0 Å². The fourth-order valence-corrected chi connectivity index (χ4v) is 4.53. The minimum atomic E-state index is -0.214. The third kappa shape index (κ3) is 6.35. The van der Waals surface area contributed by atoms with Crippen LogP contribution >= 0.6 is 0 Å². The van der Waals surface area contributed by atoms with Crippen LogP contribution in [0.3, 0.4) is 0 Å². The molecular formula is C29H33FO3. The van der Waals surface area contributed by atoms with Crippen molar-refractivity contribution in [2.75, 3.05) is 7.11 Å². The molecule has 0 unspecified atom stereocenters. The first-order valence-electron chi connectivity index (χ1n) is 11.9. The van der Waals surface area contributed by atoms with Crippen molar-refractivity contribution in [3.63, 3.8) is 0 Å². The second-order valence-electron chi connectivity index (χ2n) is 8.76. The minimum absolute atomic E-state index is 0.180. The van der Waals surface area contributed by atoms with Gasteiger partial charge in [0.2, 0.25) is 0 Å². The van der Waals surface area contributed by atoms with Gasteiger partial charge in [-0.05, 0) is 90.8 Å². The van der Waals surface area contributed by atoms with Crippen LogP contribution in [-0.2, 0) is 17.8 Å². The average molecular weight is 449 g/mol. The van der Waals surface area contributed by atoms with E-state index in [0.29, 0.717) is 6.61 Å². The molecule has 3 aromatic carbocycles. The number of hydrogen-bond donors (Lipinski definition) is 0. The molecule has 0 N–H and O–H groups in total. The zero-order valence-electron chi connectivity index (χ0n) is 19.6. The fourth-order valence-electron chi connectivity index (χ4n) is 4.53. The highest BCUT2D eigenvalue weighted by Crippen LogP contribution is 2.32. The number of methoxy groups -OCH3 is 1. The monoisotopic (exact) mass is 448 g/mol. The molecule has 1 saturated carbocycles. The van der Waals surface area contributed by atoms with Crippen LogP contribution in [0.15, 0.2) is 66.7 Å². The van der Waals surface area contributed by atoms with Gasteiger partial charge >= 0.3 is 0 Å². The van der Waals surface area contributed by atoms with E-state index in [1.807, 2.05) is 24.3 Å². The molecule has 174 valence electrons. The van der Waals surface area contributed by atoms with Crippen molar-refractivity contribution >= 4 is 0 Å². The second kappa shape index (κ2) is 11.3. The summed E-state index contributed by atoms with van der Waals surface area (Å²) in [5, 5.41) is 0. The molecule has 0 amide bonds. The summed E-state index contributed by atoms with van der Waals surface area (Å²) >= 11 is 0. The van der Waals surface area contributed by atoms with Crippen molar-refractivity contribution in [3.8, 4) is 22.6 Å². The lowest BCUT2D eigenvalue weighted by Crippen LogP contribution is -2.28. The van der Waals surface area contributed by atoms with E-state index in [2.05, 4.69) is 31.2 Å². The van der Waals surface area contributed by atoms with Gasteiger partial charge in [0, 0.05) is 0 Å². The zero-order valence-corrected chi connectivity index (χ0v) is 19.6. The van der Waals surface area contributed by atoms with Crippen LogP contribution in [0, 0.1) is 5.82 Å². The highest BCUT2D eigenvalue weighted by Gasteiger charge is 2.23. The molecule has 0 atom stereocenters. The molecule has 0 saturated heterocycles. The summed E-state index contributed by atoms with van der Waals surface area (Å²) in [4.78, 5) is 0. The molecule has 0 radical (unpaired) electrons. The quantitative estimate of drug-likeness (QED) is 0.342. The van der Waals surface area contributed by atoms with Gasteiger partial charge in [-0.25, -0.2) is 4.39 Å². The molecule has 4 rings (SSSR count). The molecule has 4 heteroatoms.